The van der Waals surface area contributed by atoms with E-state index in [1.807, 2.05) is 35.2 Å². The number of unbranched alkanes of at least 4 members (excludes halogenated alkanes) is 8. The molecule has 0 spiro atoms. The number of aromatic nitrogens is 2. The molecule has 1 fully saturated rings. The van der Waals surface area contributed by atoms with Gasteiger partial charge in [-0.1, -0.05) is 93.8 Å². The monoisotopic (exact) mass is 470 g/mol. The van der Waals surface area contributed by atoms with E-state index in [0.29, 0.717) is 38.4 Å². The fourth-order valence-electron chi connectivity index (χ4n) is 4.07. The first-order valence-corrected chi connectivity index (χ1v) is 12.6. The number of hydrazine groups is 1. The molecule has 0 radical (unpaired) electrons. The Morgan fingerprint density at radius 2 is 1.50 bits per heavy atom. The Balaban J connectivity index is 1.27. The zero-order valence-electron chi connectivity index (χ0n) is 20.3. The van der Waals surface area contributed by atoms with Crippen molar-refractivity contribution in [3.63, 3.8) is 0 Å². The zero-order valence-corrected chi connectivity index (χ0v) is 20.3. The van der Waals surface area contributed by atoms with Crippen LogP contribution in [-0.4, -0.2) is 58.1 Å². The quantitative estimate of drug-likeness (QED) is 0.321. The molecule has 1 aromatic carbocycles. The van der Waals surface area contributed by atoms with Crippen molar-refractivity contribution in [2.45, 2.75) is 71.1 Å². The van der Waals surface area contributed by atoms with Crippen molar-refractivity contribution in [3.05, 3.63) is 30.3 Å². The summed E-state index contributed by atoms with van der Waals surface area (Å²) in [6, 6.07) is 9.27. The number of rotatable bonds is 13. The number of nitrogens with one attached hydrogen (secondary N) is 2. The summed E-state index contributed by atoms with van der Waals surface area (Å²) in [4.78, 5) is 32.7. The lowest BCUT2D eigenvalue weighted by Gasteiger charge is -2.34. The highest BCUT2D eigenvalue weighted by molar-refractivity contribution is 5.78. The minimum Gasteiger partial charge on any atom is -0.339 e. The minimum atomic E-state index is -0.287. The van der Waals surface area contributed by atoms with Gasteiger partial charge in [0, 0.05) is 38.2 Å². The first kappa shape index (κ1) is 25.5. The number of hydrogen-bond acceptors (Lipinski definition) is 6. The van der Waals surface area contributed by atoms with Crippen molar-refractivity contribution in [3.8, 4) is 11.4 Å². The average Bonchev–Trinajstić information content (AvgIpc) is 3.36. The lowest BCUT2D eigenvalue weighted by molar-refractivity contribution is -0.132. The molecule has 186 valence electrons. The lowest BCUT2D eigenvalue weighted by atomic mass is 10.1. The van der Waals surface area contributed by atoms with E-state index in [1.54, 1.807) is 4.90 Å². The molecule has 0 unspecified atom stereocenters. The predicted octanol–water partition coefficient (Wildman–Crippen LogP) is 4.84. The largest absolute Gasteiger partial charge is 0.340 e. The number of urea groups is 1. The molecule has 3 rings (SSSR count). The summed E-state index contributed by atoms with van der Waals surface area (Å²) < 4.78 is 5.13. The summed E-state index contributed by atoms with van der Waals surface area (Å²) >= 11 is 0. The summed E-state index contributed by atoms with van der Waals surface area (Å²) in [6.45, 7) is 4.35. The van der Waals surface area contributed by atoms with Gasteiger partial charge in [0.15, 0.2) is 0 Å². The Hall–Kier alpha value is -3.10. The number of piperazine rings is 1. The number of carbonyl (C=O) groups excluding carboxylic acids is 2. The second kappa shape index (κ2) is 14.2. The van der Waals surface area contributed by atoms with Crippen LogP contribution in [0.3, 0.4) is 0 Å². The normalized spacial score (nSPS) is 13.7. The smallest absolute Gasteiger partial charge is 0.339 e. The van der Waals surface area contributed by atoms with Crippen molar-refractivity contribution >= 4 is 18.0 Å². The predicted molar refractivity (Wildman–Crippen MR) is 132 cm³/mol. The Bertz CT molecular complexity index is 865. The standard InChI is InChI=1S/C25H38N6O3/c1-2-3-4-5-6-7-8-9-13-16-22(32)30-17-19-31(20-18-30)25(33)28-27-24-26-23(29-34-24)21-14-11-10-12-15-21/h10-12,14-15H,2-9,13,16-20H2,1H3,(H,28,33)(H,26,27,29). The fourth-order valence-corrected chi connectivity index (χ4v) is 4.07. The van der Waals surface area contributed by atoms with Gasteiger partial charge in [-0.15, -0.1) is 0 Å². The SMILES string of the molecule is CCCCCCCCCCCC(=O)N1CCN(C(=O)NNc2nc(-c3ccccc3)no2)CC1. The molecule has 2 heterocycles. The minimum absolute atomic E-state index is 0.113. The summed E-state index contributed by atoms with van der Waals surface area (Å²) in [5, 5.41) is 3.90. The fraction of sp³-hybridized carbons (Fsp3) is 0.600. The molecule has 3 amide bonds. The molecule has 1 aromatic heterocycles. The molecule has 0 aliphatic carbocycles. The van der Waals surface area contributed by atoms with Crippen molar-refractivity contribution < 1.29 is 14.1 Å². The van der Waals surface area contributed by atoms with Gasteiger partial charge in [0.25, 0.3) is 0 Å². The topological polar surface area (TPSA) is 104 Å². The van der Waals surface area contributed by atoms with Crippen LogP contribution in [0.5, 0.6) is 0 Å². The summed E-state index contributed by atoms with van der Waals surface area (Å²) in [5.41, 5.74) is 6.07. The van der Waals surface area contributed by atoms with Crippen LogP contribution in [0.15, 0.2) is 34.9 Å². The van der Waals surface area contributed by atoms with E-state index in [1.165, 1.54) is 44.9 Å². The van der Waals surface area contributed by atoms with Crippen molar-refractivity contribution in [1.29, 1.82) is 0 Å². The maximum absolute atomic E-state index is 12.5. The van der Waals surface area contributed by atoms with Crippen molar-refractivity contribution in [2.24, 2.45) is 0 Å². The zero-order chi connectivity index (χ0) is 24.0. The number of amides is 3. The van der Waals surface area contributed by atoms with Gasteiger partial charge in [-0.3, -0.25) is 4.79 Å². The third-order valence-electron chi connectivity index (χ3n) is 6.15. The molecule has 1 saturated heterocycles. The highest BCUT2D eigenvalue weighted by Gasteiger charge is 2.24. The first-order valence-electron chi connectivity index (χ1n) is 12.6. The van der Waals surface area contributed by atoms with Gasteiger partial charge in [-0.25, -0.2) is 15.6 Å². The van der Waals surface area contributed by atoms with Crippen LogP contribution in [0.25, 0.3) is 11.4 Å². The van der Waals surface area contributed by atoms with E-state index in [2.05, 4.69) is 27.9 Å². The Morgan fingerprint density at radius 1 is 0.882 bits per heavy atom. The number of anilines is 1. The molecule has 34 heavy (non-hydrogen) atoms. The van der Waals surface area contributed by atoms with E-state index in [-0.39, 0.29) is 18.0 Å². The maximum Gasteiger partial charge on any atom is 0.340 e. The van der Waals surface area contributed by atoms with Gasteiger partial charge in [0.05, 0.1) is 0 Å². The lowest BCUT2D eigenvalue weighted by Crippen LogP contribution is -2.54. The van der Waals surface area contributed by atoms with E-state index in [4.69, 9.17) is 4.52 Å². The van der Waals surface area contributed by atoms with E-state index >= 15 is 0 Å². The van der Waals surface area contributed by atoms with Gasteiger partial charge in [0.2, 0.25) is 11.7 Å². The summed E-state index contributed by atoms with van der Waals surface area (Å²) in [5.74, 6) is 0.636. The van der Waals surface area contributed by atoms with Crippen LogP contribution in [0.4, 0.5) is 10.8 Å². The molecular weight excluding hydrogens is 432 g/mol. The van der Waals surface area contributed by atoms with Gasteiger partial charge >= 0.3 is 12.0 Å². The van der Waals surface area contributed by atoms with Gasteiger partial charge < -0.3 is 14.3 Å². The molecule has 0 bridgehead atoms. The van der Waals surface area contributed by atoms with E-state index in [0.717, 1.165) is 18.4 Å². The molecular formula is C25H38N6O3. The van der Waals surface area contributed by atoms with Crippen molar-refractivity contribution in [1.82, 2.24) is 25.4 Å². The third kappa shape index (κ3) is 8.35. The second-order valence-corrected chi connectivity index (χ2v) is 8.79. The van der Waals surface area contributed by atoms with Crippen LogP contribution >= 0.6 is 0 Å². The Kier molecular flexibility index (Phi) is 10.7. The van der Waals surface area contributed by atoms with Gasteiger partial charge in [-0.2, -0.15) is 4.98 Å². The molecule has 9 nitrogen and oxygen atoms in total. The molecule has 0 saturated carbocycles. The Labute approximate surface area is 202 Å². The van der Waals surface area contributed by atoms with Gasteiger partial charge in [-0.05, 0) is 6.42 Å². The summed E-state index contributed by atoms with van der Waals surface area (Å²) in [7, 11) is 0. The third-order valence-corrected chi connectivity index (χ3v) is 6.15. The molecule has 9 heteroatoms. The first-order chi connectivity index (χ1) is 16.7. The second-order valence-electron chi connectivity index (χ2n) is 8.79. The number of benzene rings is 1. The highest BCUT2D eigenvalue weighted by Crippen LogP contribution is 2.16. The molecule has 1 aliphatic heterocycles. The van der Waals surface area contributed by atoms with Crippen LogP contribution in [0, 0.1) is 0 Å². The van der Waals surface area contributed by atoms with Crippen molar-refractivity contribution in [2.75, 3.05) is 31.6 Å². The Morgan fingerprint density at radius 3 is 2.18 bits per heavy atom. The van der Waals surface area contributed by atoms with Gasteiger partial charge in [0.1, 0.15) is 0 Å². The molecule has 2 aromatic rings. The molecule has 0 atom stereocenters. The van der Waals surface area contributed by atoms with Crippen LogP contribution < -0.4 is 10.9 Å². The van der Waals surface area contributed by atoms with E-state index in [9.17, 15) is 9.59 Å². The number of nitrogens with zero attached hydrogens (tertiary/aromatic N) is 4. The van der Waals surface area contributed by atoms with Crippen LogP contribution in [0.2, 0.25) is 0 Å². The van der Waals surface area contributed by atoms with E-state index < -0.39 is 0 Å². The molecule has 1 aliphatic rings. The molecule has 2 N–H and O–H groups in total. The average molecular weight is 471 g/mol. The van der Waals surface area contributed by atoms with Crippen LogP contribution in [-0.2, 0) is 4.79 Å². The number of hydrogen-bond donors (Lipinski definition) is 2. The highest BCUT2D eigenvalue weighted by atomic mass is 16.5. The van der Waals surface area contributed by atoms with Crippen LogP contribution in [0.1, 0.15) is 71.1 Å². The number of carbonyl (C=O) groups is 2. The summed E-state index contributed by atoms with van der Waals surface area (Å²) in [6.07, 6.45) is 11.8. The maximum atomic E-state index is 12.5.